The van der Waals surface area contributed by atoms with E-state index in [1.807, 2.05) is 0 Å². The molecule has 1 aliphatic heterocycles. The molecule has 0 atom stereocenters. The van der Waals surface area contributed by atoms with E-state index < -0.39 is 28.0 Å². The van der Waals surface area contributed by atoms with Gasteiger partial charge in [-0.3, -0.25) is 19.7 Å². The Morgan fingerprint density at radius 3 is 2.47 bits per heavy atom. The molecule has 1 aliphatic rings. The van der Waals surface area contributed by atoms with Crippen molar-refractivity contribution in [1.82, 2.24) is 0 Å². The highest BCUT2D eigenvalue weighted by atomic mass is 16.6. The number of nitrogens with two attached hydrogens (primary N) is 1. The van der Waals surface area contributed by atoms with Gasteiger partial charge in [0.15, 0.2) is 0 Å². The molecule has 9 nitrogen and oxygen atoms in total. The van der Waals surface area contributed by atoms with Crippen molar-refractivity contribution in [2.24, 2.45) is 15.3 Å². The Hall–Kier alpha value is -2.84. The molecule has 1 aromatic carbocycles. The second-order valence-corrected chi connectivity index (χ2v) is 3.05. The van der Waals surface area contributed by atoms with Crippen molar-refractivity contribution >= 4 is 23.2 Å². The number of azo groups is 1. The zero-order valence-corrected chi connectivity index (χ0v) is 8.15. The lowest BCUT2D eigenvalue weighted by Crippen LogP contribution is -2.23. The van der Waals surface area contributed by atoms with E-state index in [0.29, 0.717) is 0 Å². The van der Waals surface area contributed by atoms with Crippen molar-refractivity contribution in [1.29, 1.82) is 0 Å². The molecule has 9 heteroatoms. The third-order valence-electron chi connectivity index (χ3n) is 2.15. The number of hydrogen-bond donors (Lipinski definition) is 1. The Bertz CT molecular complexity index is 606. The zero-order chi connectivity index (χ0) is 12.6. The van der Waals surface area contributed by atoms with Crippen LogP contribution in [0.4, 0.5) is 11.4 Å². The van der Waals surface area contributed by atoms with E-state index >= 15 is 0 Å². The molecule has 84 valence electrons. The van der Waals surface area contributed by atoms with Crippen LogP contribution in [0.2, 0.25) is 0 Å². The summed E-state index contributed by atoms with van der Waals surface area (Å²) in [5.74, 6) is -1.77. The minimum atomic E-state index is -0.961. The number of nitro groups is 1. The molecule has 1 aromatic rings. The molecule has 17 heavy (non-hydrogen) atoms. The molecule has 0 radical (unpaired) electrons. The van der Waals surface area contributed by atoms with Crippen LogP contribution >= 0.6 is 0 Å². The number of carbonyl (C=O) groups excluding carboxylic acids is 2. The van der Waals surface area contributed by atoms with Gasteiger partial charge in [-0.05, 0) is 17.2 Å². The van der Waals surface area contributed by atoms with Gasteiger partial charge in [0.05, 0.1) is 10.5 Å². The quantitative estimate of drug-likeness (QED) is 0.442. The molecular weight excluding hydrogens is 230 g/mol. The number of nitrogens with zero attached hydrogens (tertiary/aromatic N) is 4. The first kappa shape index (κ1) is 10.7. The highest BCUT2D eigenvalue weighted by Gasteiger charge is 2.34. The molecule has 2 amide bonds. The standard InChI is InChI=1S/C8H3N5O4/c9-10-4-2-1-3-5(6(4)13(16)17)8(15)12-11-7(3)14/h1-2,9H/p+1. The molecular formula is C8H4N5O4+. The predicted molar refractivity (Wildman–Crippen MR) is 50.6 cm³/mol. The average molecular weight is 234 g/mol. The summed E-state index contributed by atoms with van der Waals surface area (Å²) in [5, 5.41) is 20.1. The topological polar surface area (TPSA) is 140 Å². The van der Waals surface area contributed by atoms with Gasteiger partial charge in [0, 0.05) is 0 Å². The number of nitro benzene ring substituents is 1. The Balaban J connectivity index is 2.86. The second kappa shape index (κ2) is 3.63. The summed E-state index contributed by atoms with van der Waals surface area (Å²) in [5.41, 5.74) is 3.53. The lowest BCUT2D eigenvalue weighted by molar-refractivity contribution is -0.385. The lowest BCUT2D eigenvalue weighted by atomic mass is 10.0. The van der Waals surface area contributed by atoms with Crippen LogP contribution in [-0.2, 0) is 0 Å². The van der Waals surface area contributed by atoms with Gasteiger partial charge in [0.25, 0.3) is 5.91 Å². The smallest absolute Gasteiger partial charge is 0.265 e. The van der Waals surface area contributed by atoms with Crippen molar-refractivity contribution in [2.75, 3.05) is 0 Å². The van der Waals surface area contributed by atoms with Crippen molar-refractivity contribution in [3.05, 3.63) is 33.4 Å². The Labute approximate surface area is 92.8 Å². The molecule has 2 N–H and O–H groups in total. The third-order valence-corrected chi connectivity index (χ3v) is 2.15. The number of carbonyl (C=O) groups is 2. The van der Waals surface area contributed by atoms with E-state index in [1.54, 1.807) is 0 Å². The molecule has 0 aliphatic carbocycles. The molecule has 0 spiro atoms. The summed E-state index contributed by atoms with van der Waals surface area (Å²) >= 11 is 0. The maximum atomic E-state index is 11.4. The molecule has 2 rings (SSSR count). The van der Waals surface area contributed by atoms with Crippen LogP contribution in [-0.4, -0.2) is 16.7 Å². The molecule has 1 heterocycles. The highest BCUT2D eigenvalue weighted by Crippen LogP contribution is 2.35. The second-order valence-electron chi connectivity index (χ2n) is 3.05. The summed E-state index contributed by atoms with van der Waals surface area (Å²) in [6.07, 6.45) is 0. The van der Waals surface area contributed by atoms with E-state index in [9.17, 15) is 19.7 Å². The molecule has 0 bridgehead atoms. The fourth-order valence-corrected chi connectivity index (χ4v) is 1.46. The van der Waals surface area contributed by atoms with Crippen molar-refractivity contribution in [3.8, 4) is 0 Å². The van der Waals surface area contributed by atoms with Gasteiger partial charge in [-0.25, -0.2) is 0 Å². The molecule has 0 saturated carbocycles. The molecule has 0 fully saturated rings. The Morgan fingerprint density at radius 1 is 1.24 bits per heavy atom. The number of fused-ring (bicyclic) bond motifs is 1. The van der Waals surface area contributed by atoms with Gasteiger partial charge in [-0.1, -0.05) is 0 Å². The summed E-state index contributed by atoms with van der Waals surface area (Å²) < 4.78 is 0. The van der Waals surface area contributed by atoms with Crippen LogP contribution in [0.15, 0.2) is 27.5 Å². The third kappa shape index (κ3) is 1.49. The molecule has 0 aromatic heterocycles. The van der Waals surface area contributed by atoms with E-state index in [2.05, 4.69) is 15.3 Å². The molecule has 0 unspecified atom stereocenters. The van der Waals surface area contributed by atoms with E-state index in [4.69, 9.17) is 5.53 Å². The highest BCUT2D eigenvalue weighted by molar-refractivity contribution is 6.14. The SMILES string of the molecule is [NH2+]=Nc1ccc2c(c1[N+](=O)[O-])C(=O)N=NC2=O. The average Bonchev–Trinajstić information content (AvgIpc) is 2.32. The molecule has 0 saturated heterocycles. The van der Waals surface area contributed by atoms with Crippen LogP contribution < -0.4 is 5.53 Å². The first-order chi connectivity index (χ1) is 8.06. The van der Waals surface area contributed by atoms with Gasteiger partial charge in [0.1, 0.15) is 5.56 Å². The van der Waals surface area contributed by atoms with Crippen LogP contribution in [0.1, 0.15) is 20.7 Å². The van der Waals surface area contributed by atoms with E-state index in [-0.39, 0.29) is 11.3 Å². The van der Waals surface area contributed by atoms with Crippen LogP contribution in [0.25, 0.3) is 0 Å². The number of amides is 2. The van der Waals surface area contributed by atoms with Gasteiger partial charge in [-0.15, -0.1) is 10.2 Å². The van der Waals surface area contributed by atoms with Crippen LogP contribution in [0.3, 0.4) is 0 Å². The van der Waals surface area contributed by atoms with E-state index in [0.717, 1.165) is 0 Å². The minimum absolute atomic E-state index is 0.177. The van der Waals surface area contributed by atoms with Gasteiger partial charge >= 0.3 is 11.6 Å². The number of rotatable bonds is 2. The normalized spacial score (nSPS) is 13.4. The van der Waals surface area contributed by atoms with Crippen molar-refractivity contribution in [2.45, 2.75) is 0 Å². The van der Waals surface area contributed by atoms with Gasteiger partial charge < -0.3 is 0 Å². The Kier molecular flexibility index (Phi) is 2.28. The monoisotopic (exact) mass is 234 g/mol. The Morgan fingerprint density at radius 2 is 1.88 bits per heavy atom. The number of benzene rings is 1. The van der Waals surface area contributed by atoms with Crippen LogP contribution in [0.5, 0.6) is 0 Å². The van der Waals surface area contributed by atoms with Gasteiger partial charge in [-0.2, -0.15) is 5.53 Å². The number of hydrogen-bond acceptors (Lipinski definition) is 5. The minimum Gasteiger partial charge on any atom is -0.265 e. The predicted octanol–water partition coefficient (Wildman–Crippen LogP) is 0.184. The van der Waals surface area contributed by atoms with Gasteiger partial charge in [0.2, 0.25) is 5.69 Å². The first-order valence-corrected chi connectivity index (χ1v) is 4.29. The maximum Gasteiger partial charge on any atom is 0.314 e. The zero-order valence-electron chi connectivity index (χ0n) is 8.15. The summed E-state index contributed by atoms with van der Waals surface area (Å²) in [6.45, 7) is 0. The summed E-state index contributed by atoms with van der Waals surface area (Å²) in [6, 6.07) is 2.37. The largest absolute Gasteiger partial charge is 0.314 e. The maximum absolute atomic E-state index is 11.4. The van der Waals surface area contributed by atoms with E-state index in [1.165, 1.54) is 12.1 Å². The van der Waals surface area contributed by atoms with Crippen LogP contribution in [0, 0.1) is 10.1 Å². The fraction of sp³-hybridized carbons (Fsp3) is 0. The van der Waals surface area contributed by atoms with Crippen molar-refractivity contribution < 1.29 is 20.0 Å². The first-order valence-electron chi connectivity index (χ1n) is 4.29. The van der Waals surface area contributed by atoms with Crippen molar-refractivity contribution in [3.63, 3.8) is 0 Å². The fourth-order valence-electron chi connectivity index (χ4n) is 1.46. The lowest BCUT2D eigenvalue weighted by Gasteiger charge is -2.07. The summed E-state index contributed by atoms with van der Waals surface area (Å²) in [7, 11) is 0. The summed E-state index contributed by atoms with van der Waals surface area (Å²) in [4.78, 5) is 32.8.